The predicted octanol–water partition coefficient (Wildman–Crippen LogP) is 2.99. The van der Waals surface area contributed by atoms with Gasteiger partial charge in [0.15, 0.2) is 0 Å². The number of nitrogens with zero attached hydrogens (tertiary/aromatic N) is 2. The number of aryl methyl sites for hydroxylation is 2. The SMILES string of the molecule is Cc1nc(COc2ccc(CNC3CC3)nc2)sc1C. The highest BCUT2D eigenvalue weighted by molar-refractivity contribution is 7.11. The Morgan fingerprint density at radius 1 is 1.35 bits per heavy atom. The summed E-state index contributed by atoms with van der Waals surface area (Å²) in [5.74, 6) is 0.797. The van der Waals surface area contributed by atoms with Crippen molar-refractivity contribution >= 4 is 11.3 Å². The van der Waals surface area contributed by atoms with Crippen LogP contribution < -0.4 is 10.1 Å². The van der Waals surface area contributed by atoms with Crippen LogP contribution in [0.2, 0.25) is 0 Å². The minimum absolute atomic E-state index is 0.515. The van der Waals surface area contributed by atoms with Crippen LogP contribution >= 0.6 is 11.3 Å². The van der Waals surface area contributed by atoms with E-state index in [0.717, 1.165) is 28.7 Å². The highest BCUT2D eigenvalue weighted by Crippen LogP contribution is 2.20. The van der Waals surface area contributed by atoms with Gasteiger partial charge in [0.25, 0.3) is 0 Å². The number of pyridine rings is 1. The van der Waals surface area contributed by atoms with Crippen LogP contribution in [0.3, 0.4) is 0 Å². The molecule has 0 bridgehead atoms. The van der Waals surface area contributed by atoms with E-state index in [9.17, 15) is 0 Å². The Balaban J connectivity index is 1.51. The van der Waals surface area contributed by atoms with E-state index in [0.29, 0.717) is 12.6 Å². The average Bonchev–Trinajstić information content (AvgIpc) is 3.22. The quantitative estimate of drug-likeness (QED) is 0.888. The van der Waals surface area contributed by atoms with Crippen molar-refractivity contribution in [3.05, 3.63) is 39.6 Å². The molecule has 3 rings (SSSR count). The Hall–Kier alpha value is -1.46. The van der Waals surface area contributed by atoms with Gasteiger partial charge in [-0.15, -0.1) is 11.3 Å². The van der Waals surface area contributed by atoms with E-state index in [-0.39, 0.29) is 0 Å². The molecule has 2 aromatic heterocycles. The molecule has 106 valence electrons. The molecule has 0 saturated heterocycles. The van der Waals surface area contributed by atoms with Gasteiger partial charge in [-0.05, 0) is 38.8 Å². The predicted molar refractivity (Wildman–Crippen MR) is 80.0 cm³/mol. The number of rotatable bonds is 6. The molecule has 0 atom stereocenters. The number of hydrogen-bond acceptors (Lipinski definition) is 5. The standard InChI is InChI=1S/C15H19N3OS/c1-10-11(2)20-15(18-10)9-19-14-6-5-13(17-8-14)7-16-12-3-4-12/h5-6,8,12,16H,3-4,7,9H2,1-2H3. The van der Waals surface area contributed by atoms with E-state index in [1.54, 1.807) is 17.5 Å². The van der Waals surface area contributed by atoms with Crippen LogP contribution in [0, 0.1) is 13.8 Å². The van der Waals surface area contributed by atoms with Crippen LogP contribution in [0.4, 0.5) is 0 Å². The monoisotopic (exact) mass is 289 g/mol. The smallest absolute Gasteiger partial charge is 0.140 e. The van der Waals surface area contributed by atoms with Crippen LogP contribution in [-0.4, -0.2) is 16.0 Å². The van der Waals surface area contributed by atoms with Gasteiger partial charge in [-0.25, -0.2) is 4.98 Å². The van der Waals surface area contributed by atoms with Gasteiger partial charge in [-0.3, -0.25) is 4.98 Å². The zero-order valence-corrected chi connectivity index (χ0v) is 12.7. The molecule has 1 fully saturated rings. The second-order valence-electron chi connectivity index (χ2n) is 5.18. The molecule has 0 spiro atoms. The van der Waals surface area contributed by atoms with Crippen molar-refractivity contribution in [2.45, 2.75) is 45.9 Å². The average molecular weight is 289 g/mol. The lowest BCUT2D eigenvalue weighted by atomic mass is 10.3. The minimum atomic E-state index is 0.515. The fraction of sp³-hybridized carbons (Fsp3) is 0.467. The summed E-state index contributed by atoms with van der Waals surface area (Å²) in [5, 5.41) is 4.46. The van der Waals surface area contributed by atoms with Crippen molar-refractivity contribution in [1.29, 1.82) is 0 Å². The Bertz CT molecular complexity index is 556. The second kappa shape index (κ2) is 5.89. The maximum atomic E-state index is 5.72. The van der Waals surface area contributed by atoms with E-state index < -0.39 is 0 Å². The number of aromatic nitrogens is 2. The molecule has 1 aliphatic carbocycles. The largest absolute Gasteiger partial charge is 0.485 e. The van der Waals surface area contributed by atoms with E-state index in [4.69, 9.17) is 4.74 Å². The molecule has 2 aromatic rings. The van der Waals surface area contributed by atoms with Crippen LogP contribution in [0.1, 0.15) is 34.1 Å². The van der Waals surface area contributed by atoms with Gasteiger partial charge in [-0.1, -0.05) is 0 Å². The van der Waals surface area contributed by atoms with Gasteiger partial charge in [0.1, 0.15) is 17.4 Å². The summed E-state index contributed by atoms with van der Waals surface area (Å²) in [4.78, 5) is 10.1. The summed E-state index contributed by atoms with van der Waals surface area (Å²) in [6.07, 6.45) is 4.39. The lowest BCUT2D eigenvalue weighted by Gasteiger charge is -2.05. The van der Waals surface area contributed by atoms with Gasteiger partial charge >= 0.3 is 0 Å². The molecule has 1 saturated carbocycles. The lowest BCUT2D eigenvalue weighted by molar-refractivity contribution is 0.304. The Kier molecular flexibility index (Phi) is 3.98. The minimum Gasteiger partial charge on any atom is -0.485 e. The molecule has 0 amide bonds. The van der Waals surface area contributed by atoms with Crippen LogP contribution in [0.15, 0.2) is 18.3 Å². The van der Waals surface area contributed by atoms with Crippen molar-refractivity contribution in [3.8, 4) is 5.75 Å². The number of nitrogens with one attached hydrogen (secondary N) is 1. The Labute approximate surface area is 123 Å². The van der Waals surface area contributed by atoms with Gasteiger partial charge in [-0.2, -0.15) is 0 Å². The van der Waals surface area contributed by atoms with Crippen LogP contribution in [-0.2, 0) is 13.2 Å². The zero-order chi connectivity index (χ0) is 13.9. The molecule has 4 nitrogen and oxygen atoms in total. The summed E-state index contributed by atoms with van der Waals surface area (Å²) < 4.78 is 5.72. The molecule has 2 heterocycles. The number of thiazole rings is 1. The van der Waals surface area contributed by atoms with Gasteiger partial charge in [0, 0.05) is 17.5 Å². The fourth-order valence-electron chi connectivity index (χ4n) is 1.88. The van der Waals surface area contributed by atoms with E-state index in [2.05, 4.69) is 22.2 Å². The summed E-state index contributed by atoms with van der Waals surface area (Å²) in [6.45, 7) is 5.47. The molecule has 20 heavy (non-hydrogen) atoms. The van der Waals surface area contributed by atoms with Crippen LogP contribution in [0.5, 0.6) is 5.75 Å². The normalized spacial score (nSPS) is 14.5. The summed E-state index contributed by atoms with van der Waals surface area (Å²) in [7, 11) is 0. The highest BCUT2D eigenvalue weighted by Gasteiger charge is 2.20. The Morgan fingerprint density at radius 2 is 2.20 bits per heavy atom. The maximum absolute atomic E-state index is 5.72. The van der Waals surface area contributed by atoms with Crippen LogP contribution in [0.25, 0.3) is 0 Å². The van der Waals surface area contributed by atoms with E-state index in [1.165, 1.54) is 17.7 Å². The van der Waals surface area contributed by atoms with Gasteiger partial charge in [0.2, 0.25) is 0 Å². The van der Waals surface area contributed by atoms with Crippen molar-refractivity contribution in [1.82, 2.24) is 15.3 Å². The maximum Gasteiger partial charge on any atom is 0.140 e. The summed E-state index contributed by atoms with van der Waals surface area (Å²) in [5.41, 5.74) is 2.15. The third-order valence-corrected chi connectivity index (χ3v) is 4.43. The topological polar surface area (TPSA) is 47.0 Å². The lowest BCUT2D eigenvalue weighted by Crippen LogP contribution is -2.16. The number of hydrogen-bond donors (Lipinski definition) is 1. The summed E-state index contributed by atoms with van der Waals surface area (Å²) in [6, 6.07) is 4.71. The summed E-state index contributed by atoms with van der Waals surface area (Å²) >= 11 is 1.69. The molecule has 1 N–H and O–H groups in total. The molecular weight excluding hydrogens is 270 g/mol. The van der Waals surface area contributed by atoms with Crippen molar-refractivity contribution < 1.29 is 4.74 Å². The fourth-order valence-corrected chi connectivity index (χ4v) is 2.73. The van der Waals surface area contributed by atoms with Crippen molar-refractivity contribution in [2.24, 2.45) is 0 Å². The zero-order valence-electron chi connectivity index (χ0n) is 11.8. The first-order valence-corrected chi connectivity index (χ1v) is 7.76. The first kappa shape index (κ1) is 13.5. The first-order valence-electron chi connectivity index (χ1n) is 6.95. The second-order valence-corrected chi connectivity index (χ2v) is 6.47. The van der Waals surface area contributed by atoms with Gasteiger partial charge < -0.3 is 10.1 Å². The number of ether oxygens (including phenoxy) is 1. The molecule has 1 aliphatic rings. The molecule has 0 radical (unpaired) electrons. The molecule has 0 aliphatic heterocycles. The van der Waals surface area contributed by atoms with E-state index >= 15 is 0 Å². The Morgan fingerprint density at radius 3 is 2.80 bits per heavy atom. The third kappa shape index (κ3) is 3.55. The highest BCUT2D eigenvalue weighted by atomic mass is 32.1. The van der Waals surface area contributed by atoms with E-state index in [1.807, 2.05) is 19.1 Å². The third-order valence-electron chi connectivity index (χ3n) is 3.38. The molecule has 0 unspecified atom stereocenters. The first-order chi connectivity index (χ1) is 9.70. The van der Waals surface area contributed by atoms with Crippen molar-refractivity contribution in [3.63, 3.8) is 0 Å². The molecule has 0 aromatic carbocycles. The molecular formula is C15H19N3OS. The van der Waals surface area contributed by atoms with Crippen molar-refractivity contribution in [2.75, 3.05) is 0 Å². The van der Waals surface area contributed by atoms with Gasteiger partial charge in [0.05, 0.1) is 17.6 Å². The molecule has 5 heteroatoms.